The molecule has 0 bridgehead atoms. The molecule has 104 valence electrons. The fraction of sp³-hybridized carbons (Fsp3) is 0.500. The summed E-state index contributed by atoms with van der Waals surface area (Å²) in [6, 6.07) is 6.43. The van der Waals surface area contributed by atoms with Crippen LogP contribution in [0, 0.1) is 5.92 Å². The summed E-state index contributed by atoms with van der Waals surface area (Å²) in [5, 5.41) is 0. The Balaban J connectivity index is 1.97. The normalized spacial score (nSPS) is 17.1. The highest BCUT2D eigenvalue weighted by molar-refractivity contribution is 7.92. The zero-order chi connectivity index (χ0) is 13.7. The molecule has 1 fully saturated rings. The van der Waals surface area contributed by atoms with Gasteiger partial charge in [-0.25, -0.2) is 8.42 Å². The molecule has 4 nitrogen and oxygen atoms in total. The minimum Gasteiger partial charge on any atom is -0.298 e. The molecule has 1 aromatic rings. The van der Waals surface area contributed by atoms with Gasteiger partial charge in [-0.05, 0) is 43.0 Å². The van der Waals surface area contributed by atoms with Gasteiger partial charge in [-0.1, -0.05) is 19.3 Å². The van der Waals surface area contributed by atoms with Crippen molar-refractivity contribution in [1.29, 1.82) is 0 Å². The van der Waals surface area contributed by atoms with Crippen LogP contribution < -0.4 is 4.72 Å². The van der Waals surface area contributed by atoms with Gasteiger partial charge >= 0.3 is 0 Å². The first-order chi connectivity index (χ1) is 9.09. The Morgan fingerprint density at radius 3 is 2.32 bits per heavy atom. The van der Waals surface area contributed by atoms with Crippen molar-refractivity contribution in [3.8, 4) is 0 Å². The van der Waals surface area contributed by atoms with Gasteiger partial charge in [0.1, 0.15) is 6.29 Å². The predicted molar refractivity (Wildman–Crippen MR) is 75.8 cm³/mol. The van der Waals surface area contributed by atoms with Gasteiger partial charge in [0.2, 0.25) is 10.0 Å². The van der Waals surface area contributed by atoms with Gasteiger partial charge in [0.05, 0.1) is 5.75 Å². The van der Waals surface area contributed by atoms with Crippen LogP contribution in [0.3, 0.4) is 0 Å². The monoisotopic (exact) mass is 281 g/mol. The van der Waals surface area contributed by atoms with Crippen LogP contribution in [0.15, 0.2) is 24.3 Å². The number of rotatable bonds is 5. The number of nitrogens with one attached hydrogen (secondary N) is 1. The van der Waals surface area contributed by atoms with Gasteiger partial charge in [-0.15, -0.1) is 0 Å². The van der Waals surface area contributed by atoms with Crippen LogP contribution in [0.4, 0.5) is 5.69 Å². The summed E-state index contributed by atoms with van der Waals surface area (Å²) in [6.07, 6.45) is 6.23. The van der Waals surface area contributed by atoms with Gasteiger partial charge in [-0.3, -0.25) is 9.52 Å². The zero-order valence-corrected chi connectivity index (χ0v) is 11.7. The van der Waals surface area contributed by atoms with E-state index in [-0.39, 0.29) is 11.7 Å². The van der Waals surface area contributed by atoms with E-state index in [0.717, 1.165) is 32.0 Å². The third-order valence-corrected chi connectivity index (χ3v) is 4.96. The molecule has 0 radical (unpaired) electrons. The molecule has 1 aromatic carbocycles. The Hall–Kier alpha value is -1.36. The second-order valence-electron chi connectivity index (χ2n) is 5.13. The molecular formula is C14H19NO3S. The Morgan fingerprint density at radius 2 is 1.74 bits per heavy atom. The first-order valence-corrected chi connectivity index (χ1v) is 8.30. The summed E-state index contributed by atoms with van der Waals surface area (Å²) in [5.41, 5.74) is 1.05. The maximum atomic E-state index is 12.0. The topological polar surface area (TPSA) is 63.2 Å². The second-order valence-corrected chi connectivity index (χ2v) is 6.89. The summed E-state index contributed by atoms with van der Waals surface area (Å²) in [5.74, 6) is 0.475. The van der Waals surface area contributed by atoms with Crippen LogP contribution in [0.25, 0.3) is 0 Å². The van der Waals surface area contributed by atoms with Crippen LogP contribution in [0.2, 0.25) is 0 Å². The Bertz CT molecular complexity index is 516. The van der Waals surface area contributed by atoms with E-state index in [1.165, 1.54) is 6.42 Å². The number of aldehydes is 1. The number of sulfonamides is 1. The maximum absolute atomic E-state index is 12.0. The number of benzene rings is 1. The standard InChI is InChI=1S/C14H19NO3S/c16-10-12-6-8-14(9-7-12)15-19(17,18)11-13-4-2-1-3-5-13/h6-10,13,15H,1-5,11H2. The average Bonchev–Trinajstić information content (AvgIpc) is 2.39. The van der Waals surface area contributed by atoms with E-state index in [2.05, 4.69) is 4.72 Å². The lowest BCUT2D eigenvalue weighted by atomic mass is 9.91. The van der Waals surface area contributed by atoms with Crippen molar-refractivity contribution in [1.82, 2.24) is 0 Å². The predicted octanol–water partition coefficient (Wildman–Crippen LogP) is 2.82. The lowest BCUT2D eigenvalue weighted by molar-refractivity contribution is 0.112. The molecule has 0 amide bonds. The van der Waals surface area contributed by atoms with Crippen molar-refractivity contribution in [2.45, 2.75) is 32.1 Å². The largest absolute Gasteiger partial charge is 0.298 e. The molecule has 0 spiro atoms. The van der Waals surface area contributed by atoms with Gasteiger partial charge < -0.3 is 0 Å². The molecular weight excluding hydrogens is 262 g/mol. The van der Waals surface area contributed by atoms with E-state index in [4.69, 9.17) is 0 Å². The van der Waals surface area contributed by atoms with E-state index >= 15 is 0 Å². The third kappa shape index (κ3) is 4.35. The molecule has 1 aliphatic rings. The van der Waals surface area contributed by atoms with Gasteiger partial charge in [0.25, 0.3) is 0 Å². The quantitative estimate of drug-likeness (QED) is 0.844. The van der Waals surface area contributed by atoms with E-state index in [1.54, 1.807) is 24.3 Å². The van der Waals surface area contributed by atoms with Gasteiger partial charge in [0.15, 0.2) is 0 Å². The minimum atomic E-state index is -3.29. The highest BCUT2D eigenvalue weighted by Gasteiger charge is 2.21. The first-order valence-electron chi connectivity index (χ1n) is 6.65. The summed E-state index contributed by atoms with van der Waals surface area (Å²) in [7, 11) is -3.29. The molecule has 0 saturated heterocycles. The summed E-state index contributed by atoms with van der Waals surface area (Å²) in [4.78, 5) is 10.5. The maximum Gasteiger partial charge on any atom is 0.232 e. The van der Waals surface area contributed by atoms with Crippen molar-refractivity contribution in [2.24, 2.45) is 5.92 Å². The lowest BCUT2D eigenvalue weighted by Gasteiger charge is -2.21. The highest BCUT2D eigenvalue weighted by Crippen LogP contribution is 2.25. The average molecular weight is 281 g/mol. The third-order valence-electron chi connectivity index (χ3n) is 3.50. The van der Waals surface area contributed by atoms with Crippen LogP contribution in [-0.2, 0) is 10.0 Å². The number of anilines is 1. The van der Waals surface area contributed by atoms with Crippen LogP contribution in [0.5, 0.6) is 0 Å². The van der Waals surface area contributed by atoms with Crippen molar-refractivity contribution in [3.05, 3.63) is 29.8 Å². The molecule has 0 aliphatic heterocycles. The molecule has 0 aromatic heterocycles. The number of carbonyl (C=O) groups excluding carboxylic acids is 1. The number of hydrogen-bond acceptors (Lipinski definition) is 3. The number of carbonyl (C=O) groups is 1. The first kappa shape index (κ1) is 14.1. The fourth-order valence-corrected chi connectivity index (χ4v) is 4.05. The van der Waals surface area contributed by atoms with E-state index in [0.29, 0.717) is 11.3 Å². The summed E-state index contributed by atoms with van der Waals surface area (Å²) >= 11 is 0. The van der Waals surface area contributed by atoms with Crippen molar-refractivity contribution >= 4 is 22.0 Å². The molecule has 1 N–H and O–H groups in total. The fourth-order valence-electron chi connectivity index (χ4n) is 2.52. The van der Waals surface area contributed by atoms with E-state index in [9.17, 15) is 13.2 Å². The Labute approximate surface area is 114 Å². The molecule has 1 saturated carbocycles. The van der Waals surface area contributed by atoms with Crippen molar-refractivity contribution in [2.75, 3.05) is 10.5 Å². The zero-order valence-electron chi connectivity index (χ0n) is 10.8. The number of hydrogen-bond donors (Lipinski definition) is 1. The molecule has 0 atom stereocenters. The molecule has 0 heterocycles. The lowest BCUT2D eigenvalue weighted by Crippen LogP contribution is -2.24. The van der Waals surface area contributed by atoms with E-state index < -0.39 is 10.0 Å². The highest BCUT2D eigenvalue weighted by atomic mass is 32.2. The molecule has 1 aliphatic carbocycles. The Morgan fingerprint density at radius 1 is 1.11 bits per heavy atom. The molecule has 2 rings (SSSR count). The smallest absolute Gasteiger partial charge is 0.232 e. The molecule has 19 heavy (non-hydrogen) atoms. The van der Waals surface area contributed by atoms with Crippen molar-refractivity contribution < 1.29 is 13.2 Å². The minimum absolute atomic E-state index is 0.197. The van der Waals surface area contributed by atoms with E-state index in [1.807, 2.05) is 0 Å². The van der Waals surface area contributed by atoms with Crippen LogP contribution in [0.1, 0.15) is 42.5 Å². The molecule has 0 unspecified atom stereocenters. The summed E-state index contributed by atoms with van der Waals surface area (Å²) < 4.78 is 26.7. The molecule has 5 heteroatoms. The summed E-state index contributed by atoms with van der Waals surface area (Å²) in [6.45, 7) is 0. The van der Waals surface area contributed by atoms with Crippen LogP contribution >= 0.6 is 0 Å². The van der Waals surface area contributed by atoms with Crippen LogP contribution in [-0.4, -0.2) is 20.5 Å². The second kappa shape index (κ2) is 6.19. The SMILES string of the molecule is O=Cc1ccc(NS(=O)(=O)CC2CCCCC2)cc1. The Kier molecular flexibility index (Phi) is 4.58. The van der Waals surface area contributed by atoms with Crippen molar-refractivity contribution in [3.63, 3.8) is 0 Å². The van der Waals surface area contributed by atoms with Gasteiger partial charge in [-0.2, -0.15) is 0 Å². The van der Waals surface area contributed by atoms with Gasteiger partial charge in [0, 0.05) is 11.3 Å².